The molecule has 0 spiro atoms. The zero-order valence-electron chi connectivity index (χ0n) is 15.4. The highest BCUT2D eigenvalue weighted by Gasteiger charge is 2.20. The van der Waals surface area contributed by atoms with Crippen LogP contribution in [0.3, 0.4) is 0 Å². The SMILES string of the molecule is CCn1ncc(/C=C/C(=O)N2CCN(Cc3ccccc3F)CC2)c1C. The van der Waals surface area contributed by atoms with Gasteiger partial charge in [0.05, 0.1) is 6.20 Å². The number of nitrogens with zero attached hydrogens (tertiary/aromatic N) is 4. The van der Waals surface area contributed by atoms with E-state index in [0.717, 1.165) is 30.9 Å². The van der Waals surface area contributed by atoms with Crippen molar-refractivity contribution in [2.45, 2.75) is 26.9 Å². The van der Waals surface area contributed by atoms with Gasteiger partial charge in [-0.15, -0.1) is 0 Å². The lowest BCUT2D eigenvalue weighted by Gasteiger charge is -2.34. The highest BCUT2D eigenvalue weighted by Crippen LogP contribution is 2.13. The van der Waals surface area contributed by atoms with Gasteiger partial charge in [0.15, 0.2) is 0 Å². The number of benzene rings is 1. The average Bonchev–Trinajstić information content (AvgIpc) is 3.02. The van der Waals surface area contributed by atoms with Crippen LogP contribution in [0, 0.1) is 12.7 Å². The number of amides is 1. The van der Waals surface area contributed by atoms with Crippen molar-refractivity contribution in [3.05, 3.63) is 59.2 Å². The fraction of sp³-hybridized carbons (Fsp3) is 0.400. The first kappa shape index (κ1) is 18.3. The minimum atomic E-state index is -0.170. The molecule has 1 saturated heterocycles. The van der Waals surface area contributed by atoms with Crippen molar-refractivity contribution in [1.82, 2.24) is 19.6 Å². The van der Waals surface area contributed by atoms with Crippen LogP contribution < -0.4 is 0 Å². The first-order valence-electron chi connectivity index (χ1n) is 9.03. The van der Waals surface area contributed by atoms with Gasteiger partial charge in [-0.3, -0.25) is 14.4 Å². The zero-order chi connectivity index (χ0) is 18.5. The third-order valence-electron chi connectivity index (χ3n) is 4.88. The predicted octanol–water partition coefficient (Wildman–Crippen LogP) is 2.71. The summed E-state index contributed by atoms with van der Waals surface area (Å²) in [6.07, 6.45) is 5.24. The third kappa shape index (κ3) is 4.19. The van der Waals surface area contributed by atoms with Gasteiger partial charge >= 0.3 is 0 Å². The van der Waals surface area contributed by atoms with Gasteiger partial charge in [0, 0.05) is 62.2 Å². The molecule has 5 nitrogen and oxygen atoms in total. The molecule has 0 saturated carbocycles. The van der Waals surface area contributed by atoms with E-state index in [-0.39, 0.29) is 11.7 Å². The lowest BCUT2D eigenvalue weighted by Crippen LogP contribution is -2.47. The van der Waals surface area contributed by atoms with E-state index < -0.39 is 0 Å². The normalized spacial score (nSPS) is 15.7. The molecule has 26 heavy (non-hydrogen) atoms. The Labute approximate surface area is 153 Å². The number of carbonyl (C=O) groups excluding carboxylic acids is 1. The summed E-state index contributed by atoms with van der Waals surface area (Å²) in [5.41, 5.74) is 2.74. The molecule has 1 aliphatic rings. The predicted molar refractivity (Wildman–Crippen MR) is 99.9 cm³/mol. The lowest BCUT2D eigenvalue weighted by atomic mass is 10.2. The van der Waals surface area contributed by atoms with Gasteiger partial charge in [0.25, 0.3) is 0 Å². The number of piperazine rings is 1. The van der Waals surface area contributed by atoms with Crippen molar-refractivity contribution in [3.63, 3.8) is 0 Å². The van der Waals surface area contributed by atoms with Crippen molar-refractivity contribution in [1.29, 1.82) is 0 Å². The van der Waals surface area contributed by atoms with E-state index in [2.05, 4.69) is 10.00 Å². The second kappa shape index (κ2) is 8.27. The van der Waals surface area contributed by atoms with Crippen LogP contribution in [0.1, 0.15) is 23.7 Å². The summed E-state index contributed by atoms with van der Waals surface area (Å²) in [6, 6.07) is 6.86. The second-order valence-electron chi connectivity index (χ2n) is 6.53. The van der Waals surface area contributed by atoms with Crippen LogP contribution in [0.5, 0.6) is 0 Å². The summed E-state index contributed by atoms with van der Waals surface area (Å²) in [6.45, 7) is 8.26. The number of halogens is 1. The third-order valence-corrected chi connectivity index (χ3v) is 4.88. The van der Waals surface area contributed by atoms with Crippen LogP contribution in [-0.2, 0) is 17.9 Å². The number of rotatable bonds is 5. The lowest BCUT2D eigenvalue weighted by molar-refractivity contribution is -0.127. The molecule has 0 aliphatic carbocycles. The maximum atomic E-state index is 13.8. The molecule has 1 aliphatic heterocycles. The molecular formula is C20H25FN4O. The average molecular weight is 356 g/mol. The number of hydrogen-bond donors (Lipinski definition) is 0. The Morgan fingerprint density at radius 2 is 1.96 bits per heavy atom. The van der Waals surface area contributed by atoms with E-state index in [9.17, 15) is 9.18 Å². The van der Waals surface area contributed by atoms with Gasteiger partial charge in [0.1, 0.15) is 5.82 Å². The Balaban J connectivity index is 1.52. The van der Waals surface area contributed by atoms with E-state index >= 15 is 0 Å². The molecule has 1 amide bonds. The number of aromatic nitrogens is 2. The van der Waals surface area contributed by atoms with Gasteiger partial charge in [-0.2, -0.15) is 5.10 Å². The van der Waals surface area contributed by atoms with E-state index in [1.165, 1.54) is 6.07 Å². The largest absolute Gasteiger partial charge is 0.337 e. The Morgan fingerprint density at radius 1 is 1.23 bits per heavy atom. The highest BCUT2D eigenvalue weighted by atomic mass is 19.1. The van der Waals surface area contributed by atoms with Crippen molar-refractivity contribution < 1.29 is 9.18 Å². The Hall–Kier alpha value is -2.47. The number of carbonyl (C=O) groups is 1. The van der Waals surface area contributed by atoms with Crippen LogP contribution in [0.15, 0.2) is 36.5 Å². The minimum absolute atomic E-state index is 0.0131. The topological polar surface area (TPSA) is 41.4 Å². The van der Waals surface area contributed by atoms with Gasteiger partial charge in [-0.05, 0) is 26.0 Å². The molecule has 0 bridgehead atoms. The standard InChI is InChI=1S/C20H25FN4O/c1-3-25-16(2)17(14-22-25)8-9-20(26)24-12-10-23(11-13-24)15-18-6-4-5-7-19(18)21/h4-9,14H,3,10-13,15H2,1-2H3/b9-8+. The molecular weight excluding hydrogens is 331 g/mol. The zero-order valence-corrected chi connectivity index (χ0v) is 15.4. The number of aryl methyl sites for hydroxylation is 1. The van der Waals surface area contributed by atoms with Gasteiger partial charge in [-0.1, -0.05) is 18.2 Å². The maximum Gasteiger partial charge on any atom is 0.246 e. The first-order valence-corrected chi connectivity index (χ1v) is 9.03. The summed E-state index contributed by atoms with van der Waals surface area (Å²) in [5.74, 6) is -0.156. The molecule has 2 aromatic rings. The van der Waals surface area contributed by atoms with Crippen molar-refractivity contribution in [2.75, 3.05) is 26.2 Å². The molecule has 0 atom stereocenters. The fourth-order valence-corrected chi connectivity index (χ4v) is 3.20. The summed E-state index contributed by atoms with van der Waals surface area (Å²) >= 11 is 0. The van der Waals surface area contributed by atoms with E-state index in [4.69, 9.17) is 0 Å². The Morgan fingerprint density at radius 3 is 2.62 bits per heavy atom. The van der Waals surface area contributed by atoms with E-state index in [0.29, 0.717) is 25.2 Å². The van der Waals surface area contributed by atoms with Crippen molar-refractivity contribution in [2.24, 2.45) is 0 Å². The fourth-order valence-electron chi connectivity index (χ4n) is 3.20. The minimum Gasteiger partial charge on any atom is -0.337 e. The molecule has 6 heteroatoms. The van der Waals surface area contributed by atoms with Gasteiger partial charge < -0.3 is 4.90 Å². The number of hydrogen-bond acceptors (Lipinski definition) is 3. The first-order chi connectivity index (χ1) is 12.6. The molecule has 0 N–H and O–H groups in total. The smallest absolute Gasteiger partial charge is 0.246 e. The van der Waals surface area contributed by atoms with E-state index in [1.807, 2.05) is 41.6 Å². The van der Waals surface area contributed by atoms with Gasteiger partial charge in [-0.25, -0.2) is 4.39 Å². The molecule has 0 unspecified atom stereocenters. The van der Waals surface area contributed by atoms with Crippen LogP contribution in [0.2, 0.25) is 0 Å². The quantitative estimate of drug-likeness (QED) is 0.774. The van der Waals surface area contributed by atoms with E-state index in [1.54, 1.807) is 18.3 Å². The molecule has 0 radical (unpaired) electrons. The van der Waals surface area contributed by atoms with Crippen LogP contribution in [0.4, 0.5) is 4.39 Å². The van der Waals surface area contributed by atoms with Crippen LogP contribution in [0.25, 0.3) is 6.08 Å². The van der Waals surface area contributed by atoms with Crippen molar-refractivity contribution >= 4 is 12.0 Å². The Bertz CT molecular complexity index is 791. The van der Waals surface area contributed by atoms with Crippen molar-refractivity contribution in [3.8, 4) is 0 Å². The molecule has 3 rings (SSSR count). The highest BCUT2D eigenvalue weighted by molar-refractivity contribution is 5.92. The molecule has 2 heterocycles. The monoisotopic (exact) mass is 356 g/mol. The summed E-state index contributed by atoms with van der Waals surface area (Å²) in [4.78, 5) is 16.4. The Kier molecular flexibility index (Phi) is 5.83. The van der Waals surface area contributed by atoms with Crippen LogP contribution >= 0.6 is 0 Å². The summed E-state index contributed by atoms with van der Waals surface area (Å²) in [5, 5.41) is 4.28. The molecule has 1 fully saturated rings. The van der Waals surface area contributed by atoms with Crippen LogP contribution in [-0.4, -0.2) is 51.7 Å². The summed E-state index contributed by atoms with van der Waals surface area (Å²) < 4.78 is 15.7. The molecule has 1 aromatic carbocycles. The second-order valence-corrected chi connectivity index (χ2v) is 6.53. The summed E-state index contributed by atoms with van der Waals surface area (Å²) in [7, 11) is 0. The van der Waals surface area contributed by atoms with Gasteiger partial charge in [0.2, 0.25) is 5.91 Å². The molecule has 138 valence electrons. The maximum absolute atomic E-state index is 13.8. The molecule has 1 aromatic heterocycles.